The van der Waals surface area contributed by atoms with Crippen LogP contribution < -0.4 is 10.1 Å². The summed E-state index contributed by atoms with van der Waals surface area (Å²) < 4.78 is 5.14. The van der Waals surface area contributed by atoms with Crippen LogP contribution in [0.25, 0.3) is 0 Å². The molecular formula is C16H23NO3. The normalized spacial score (nSPS) is 22.3. The van der Waals surface area contributed by atoms with Gasteiger partial charge in [0.2, 0.25) is 5.91 Å². The SMILES string of the molecule is COc1cccc(CC(=O)NCC2CCCCC2O)c1. The summed E-state index contributed by atoms with van der Waals surface area (Å²) in [5.41, 5.74) is 0.936. The maximum Gasteiger partial charge on any atom is 0.224 e. The van der Waals surface area contributed by atoms with Gasteiger partial charge in [-0.15, -0.1) is 0 Å². The highest BCUT2D eigenvalue weighted by atomic mass is 16.5. The minimum absolute atomic E-state index is 0.00368. The standard InChI is InChI=1S/C16H23NO3/c1-20-14-7-4-5-12(9-14)10-16(19)17-11-13-6-2-3-8-15(13)18/h4-5,7,9,13,15,18H,2-3,6,8,10-11H2,1H3,(H,17,19). The number of aliphatic hydroxyl groups excluding tert-OH is 1. The van der Waals surface area contributed by atoms with Crippen LogP contribution in [0.4, 0.5) is 0 Å². The van der Waals surface area contributed by atoms with Crippen molar-refractivity contribution < 1.29 is 14.6 Å². The number of carbonyl (C=O) groups is 1. The molecule has 0 spiro atoms. The fraction of sp³-hybridized carbons (Fsp3) is 0.562. The van der Waals surface area contributed by atoms with Gasteiger partial charge in [-0.3, -0.25) is 4.79 Å². The Bertz CT molecular complexity index is 447. The molecule has 1 aliphatic carbocycles. The molecule has 0 radical (unpaired) electrons. The van der Waals surface area contributed by atoms with E-state index in [1.165, 1.54) is 0 Å². The Morgan fingerprint density at radius 2 is 2.20 bits per heavy atom. The Balaban J connectivity index is 1.79. The van der Waals surface area contributed by atoms with E-state index >= 15 is 0 Å². The van der Waals surface area contributed by atoms with Gasteiger partial charge in [-0.25, -0.2) is 0 Å². The average molecular weight is 277 g/mol. The zero-order valence-corrected chi connectivity index (χ0v) is 12.0. The van der Waals surface area contributed by atoms with E-state index in [4.69, 9.17) is 4.74 Å². The summed E-state index contributed by atoms with van der Waals surface area (Å²) in [5, 5.41) is 12.8. The molecule has 1 amide bonds. The molecule has 2 atom stereocenters. The fourth-order valence-electron chi connectivity index (χ4n) is 2.70. The van der Waals surface area contributed by atoms with E-state index in [1.54, 1.807) is 7.11 Å². The number of methoxy groups -OCH3 is 1. The zero-order chi connectivity index (χ0) is 14.4. The van der Waals surface area contributed by atoms with Gasteiger partial charge in [-0.1, -0.05) is 25.0 Å². The molecule has 2 unspecified atom stereocenters. The summed E-state index contributed by atoms with van der Waals surface area (Å²) in [6, 6.07) is 7.53. The molecule has 2 N–H and O–H groups in total. The quantitative estimate of drug-likeness (QED) is 0.864. The van der Waals surface area contributed by atoms with Gasteiger partial charge in [0.1, 0.15) is 5.75 Å². The van der Waals surface area contributed by atoms with Gasteiger partial charge in [0.25, 0.3) is 0 Å². The first-order chi connectivity index (χ1) is 9.69. The number of rotatable bonds is 5. The van der Waals surface area contributed by atoms with Crippen LogP contribution in [-0.4, -0.2) is 30.8 Å². The first-order valence-corrected chi connectivity index (χ1v) is 7.26. The lowest BCUT2D eigenvalue weighted by molar-refractivity contribution is -0.120. The number of aliphatic hydroxyl groups is 1. The lowest BCUT2D eigenvalue weighted by Gasteiger charge is -2.27. The van der Waals surface area contributed by atoms with Gasteiger partial charge < -0.3 is 15.2 Å². The Morgan fingerprint density at radius 1 is 1.40 bits per heavy atom. The molecule has 1 aliphatic rings. The smallest absolute Gasteiger partial charge is 0.224 e. The third-order valence-corrected chi connectivity index (χ3v) is 3.93. The molecule has 0 heterocycles. The van der Waals surface area contributed by atoms with Crippen molar-refractivity contribution in [3.63, 3.8) is 0 Å². The van der Waals surface area contributed by atoms with Crippen molar-refractivity contribution in [3.8, 4) is 5.75 Å². The molecule has 0 aliphatic heterocycles. The average Bonchev–Trinajstić information content (AvgIpc) is 2.46. The minimum Gasteiger partial charge on any atom is -0.497 e. The lowest BCUT2D eigenvalue weighted by atomic mass is 9.86. The second kappa shape index (κ2) is 7.29. The molecule has 0 saturated heterocycles. The molecule has 110 valence electrons. The van der Waals surface area contributed by atoms with Gasteiger partial charge in [0, 0.05) is 12.5 Å². The van der Waals surface area contributed by atoms with Crippen molar-refractivity contribution in [1.82, 2.24) is 5.32 Å². The minimum atomic E-state index is -0.263. The highest BCUT2D eigenvalue weighted by molar-refractivity contribution is 5.78. The molecule has 1 aromatic rings. The monoisotopic (exact) mass is 277 g/mol. The summed E-state index contributed by atoms with van der Waals surface area (Å²) in [5.74, 6) is 0.965. The first-order valence-electron chi connectivity index (χ1n) is 7.26. The topological polar surface area (TPSA) is 58.6 Å². The van der Waals surface area contributed by atoms with Crippen LogP contribution in [0.3, 0.4) is 0 Å². The number of ether oxygens (including phenoxy) is 1. The van der Waals surface area contributed by atoms with Gasteiger partial charge in [0.15, 0.2) is 0 Å². The predicted molar refractivity (Wildman–Crippen MR) is 77.7 cm³/mol. The van der Waals surface area contributed by atoms with E-state index < -0.39 is 0 Å². The zero-order valence-electron chi connectivity index (χ0n) is 12.0. The lowest BCUT2D eigenvalue weighted by Crippen LogP contribution is -2.37. The largest absolute Gasteiger partial charge is 0.497 e. The van der Waals surface area contributed by atoms with Gasteiger partial charge in [0.05, 0.1) is 19.6 Å². The van der Waals surface area contributed by atoms with Crippen molar-refractivity contribution in [1.29, 1.82) is 0 Å². The van der Waals surface area contributed by atoms with Crippen LogP contribution in [0.1, 0.15) is 31.2 Å². The predicted octanol–water partition coefficient (Wildman–Crippen LogP) is 1.91. The second-order valence-corrected chi connectivity index (χ2v) is 5.44. The van der Waals surface area contributed by atoms with E-state index in [-0.39, 0.29) is 17.9 Å². The number of amides is 1. The Labute approximate surface area is 120 Å². The Hall–Kier alpha value is -1.55. The molecular weight excluding hydrogens is 254 g/mol. The van der Waals surface area contributed by atoms with Crippen LogP contribution in [0.5, 0.6) is 5.75 Å². The maximum atomic E-state index is 11.9. The van der Waals surface area contributed by atoms with Gasteiger partial charge in [-0.05, 0) is 30.5 Å². The van der Waals surface area contributed by atoms with E-state index in [0.29, 0.717) is 13.0 Å². The first kappa shape index (κ1) is 14.9. The molecule has 4 nitrogen and oxygen atoms in total. The number of hydrogen-bond donors (Lipinski definition) is 2. The number of nitrogens with one attached hydrogen (secondary N) is 1. The van der Waals surface area contributed by atoms with Crippen LogP contribution in [0, 0.1) is 5.92 Å². The third-order valence-electron chi connectivity index (χ3n) is 3.93. The number of hydrogen-bond acceptors (Lipinski definition) is 3. The van der Waals surface area contributed by atoms with Gasteiger partial charge in [-0.2, -0.15) is 0 Å². The Kier molecular flexibility index (Phi) is 5.41. The van der Waals surface area contributed by atoms with Crippen LogP contribution >= 0.6 is 0 Å². The highest BCUT2D eigenvalue weighted by Crippen LogP contribution is 2.23. The second-order valence-electron chi connectivity index (χ2n) is 5.44. The summed E-state index contributed by atoms with van der Waals surface area (Å²) in [4.78, 5) is 11.9. The molecule has 1 saturated carbocycles. The van der Waals surface area contributed by atoms with Crippen molar-refractivity contribution in [2.45, 2.75) is 38.2 Å². The highest BCUT2D eigenvalue weighted by Gasteiger charge is 2.23. The molecule has 4 heteroatoms. The van der Waals surface area contributed by atoms with E-state index in [0.717, 1.165) is 37.0 Å². The van der Waals surface area contributed by atoms with E-state index in [9.17, 15) is 9.90 Å². The summed E-state index contributed by atoms with van der Waals surface area (Å²) >= 11 is 0. The van der Waals surface area contributed by atoms with Crippen LogP contribution in [0.15, 0.2) is 24.3 Å². The maximum absolute atomic E-state index is 11.9. The fourth-order valence-corrected chi connectivity index (χ4v) is 2.70. The van der Waals surface area contributed by atoms with Gasteiger partial charge >= 0.3 is 0 Å². The summed E-state index contributed by atoms with van der Waals surface area (Å²) in [7, 11) is 1.61. The Morgan fingerprint density at radius 3 is 2.95 bits per heavy atom. The molecule has 1 fully saturated rings. The number of carbonyl (C=O) groups excluding carboxylic acids is 1. The van der Waals surface area contributed by atoms with Crippen LogP contribution in [-0.2, 0) is 11.2 Å². The molecule has 2 rings (SSSR count). The number of benzene rings is 1. The molecule has 1 aromatic carbocycles. The van der Waals surface area contributed by atoms with Crippen molar-refractivity contribution >= 4 is 5.91 Å². The molecule has 0 aromatic heterocycles. The molecule has 0 bridgehead atoms. The van der Waals surface area contributed by atoms with Crippen molar-refractivity contribution in [2.75, 3.05) is 13.7 Å². The molecule has 20 heavy (non-hydrogen) atoms. The third kappa shape index (κ3) is 4.23. The van der Waals surface area contributed by atoms with Crippen molar-refractivity contribution in [2.24, 2.45) is 5.92 Å². The van der Waals surface area contributed by atoms with Crippen molar-refractivity contribution in [3.05, 3.63) is 29.8 Å². The van der Waals surface area contributed by atoms with Crippen LogP contribution in [0.2, 0.25) is 0 Å². The van der Waals surface area contributed by atoms with E-state index in [2.05, 4.69) is 5.32 Å². The summed E-state index contributed by atoms with van der Waals surface area (Å²) in [6.45, 7) is 0.573. The summed E-state index contributed by atoms with van der Waals surface area (Å²) in [6.07, 6.45) is 4.18. The van der Waals surface area contributed by atoms with E-state index in [1.807, 2.05) is 24.3 Å².